The van der Waals surface area contributed by atoms with E-state index in [4.69, 9.17) is 5.73 Å². The van der Waals surface area contributed by atoms with Gasteiger partial charge >= 0.3 is 0 Å². The maximum absolute atomic E-state index is 11.9. The average molecular weight is 246 g/mol. The monoisotopic (exact) mass is 246 g/mol. The fraction of sp³-hybridized carbons (Fsp3) is 0.667. The Kier molecular flexibility index (Phi) is 3.93. The lowest BCUT2D eigenvalue weighted by Gasteiger charge is -2.20. The summed E-state index contributed by atoms with van der Waals surface area (Å²) in [5.41, 5.74) is 5.48. The summed E-state index contributed by atoms with van der Waals surface area (Å²) in [7, 11) is -3.57. The molecule has 0 bridgehead atoms. The number of nitrogen functional groups attached to an aromatic ring is 1. The number of H-pyrrole nitrogens is 1. The number of nitrogens with one attached hydrogen (secondary N) is 2. The molecule has 1 aromatic heterocycles. The number of sulfonamides is 1. The van der Waals surface area contributed by atoms with Crippen LogP contribution in [0.15, 0.2) is 11.1 Å². The largest absolute Gasteiger partial charge is 0.383 e. The highest BCUT2D eigenvalue weighted by Crippen LogP contribution is 2.16. The van der Waals surface area contributed by atoms with Gasteiger partial charge in [0.2, 0.25) is 10.0 Å². The van der Waals surface area contributed by atoms with Gasteiger partial charge in [0.1, 0.15) is 10.7 Å². The van der Waals surface area contributed by atoms with Crippen LogP contribution < -0.4 is 10.5 Å². The highest BCUT2D eigenvalue weighted by atomic mass is 32.2. The second-order valence-electron chi connectivity index (χ2n) is 4.03. The molecule has 1 rings (SSSR count). The van der Waals surface area contributed by atoms with Gasteiger partial charge in [0.25, 0.3) is 0 Å². The van der Waals surface area contributed by atoms with E-state index in [0.29, 0.717) is 0 Å². The topological polar surface area (TPSA) is 101 Å². The Morgan fingerprint density at radius 1 is 1.56 bits per heavy atom. The van der Waals surface area contributed by atoms with Crippen LogP contribution in [0.3, 0.4) is 0 Å². The molecule has 1 atom stereocenters. The summed E-state index contributed by atoms with van der Waals surface area (Å²) in [6.07, 6.45) is 1.94. The molecule has 0 aliphatic heterocycles. The average Bonchev–Trinajstić information content (AvgIpc) is 2.61. The van der Waals surface area contributed by atoms with Crippen molar-refractivity contribution in [2.45, 2.75) is 38.1 Å². The van der Waals surface area contributed by atoms with E-state index in [1.807, 2.05) is 20.8 Å². The summed E-state index contributed by atoms with van der Waals surface area (Å²) >= 11 is 0. The molecule has 0 amide bonds. The maximum Gasteiger partial charge on any atom is 0.246 e. The van der Waals surface area contributed by atoms with Crippen molar-refractivity contribution in [2.75, 3.05) is 5.73 Å². The predicted molar refractivity (Wildman–Crippen MR) is 62.2 cm³/mol. The third-order valence-corrected chi connectivity index (χ3v) is 3.99. The first-order chi connectivity index (χ1) is 7.38. The first-order valence-corrected chi connectivity index (χ1v) is 6.68. The molecule has 0 aliphatic rings. The summed E-state index contributed by atoms with van der Waals surface area (Å²) in [6.45, 7) is 5.87. The van der Waals surface area contributed by atoms with E-state index < -0.39 is 10.0 Å². The number of aromatic amines is 1. The van der Waals surface area contributed by atoms with Gasteiger partial charge in [-0.05, 0) is 12.3 Å². The number of hydrogen-bond acceptors (Lipinski definition) is 4. The van der Waals surface area contributed by atoms with E-state index >= 15 is 0 Å². The maximum atomic E-state index is 11.9. The summed E-state index contributed by atoms with van der Waals surface area (Å²) in [4.78, 5) is 0.00611. The molecular weight excluding hydrogens is 228 g/mol. The van der Waals surface area contributed by atoms with E-state index in [0.717, 1.165) is 6.42 Å². The van der Waals surface area contributed by atoms with Crippen LogP contribution >= 0.6 is 0 Å². The lowest BCUT2D eigenvalue weighted by atomic mass is 10.0. The van der Waals surface area contributed by atoms with Gasteiger partial charge in [-0.2, -0.15) is 5.10 Å². The lowest BCUT2D eigenvalue weighted by molar-refractivity contribution is 0.437. The molecule has 7 heteroatoms. The van der Waals surface area contributed by atoms with E-state index in [2.05, 4.69) is 14.9 Å². The van der Waals surface area contributed by atoms with Gasteiger partial charge in [-0.1, -0.05) is 20.8 Å². The Labute approximate surface area is 95.7 Å². The number of nitrogens with two attached hydrogens (primary N) is 1. The van der Waals surface area contributed by atoms with Gasteiger partial charge < -0.3 is 5.73 Å². The zero-order chi connectivity index (χ0) is 12.3. The van der Waals surface area contributed by atoms with Crippen molar-refractivity contribution >= 4 is 15.8 Å². The Bertz CT molecular complexity index is 438. The number of hydrogen-bond donors (Lipinski definition) is 3. The fourth-order valence-electron chi connectivity index (χ4n) is 1.45. The molecular formula is C9H18N4O2S. The molecule has 0 spiro atoms. The number of rotatable bonds is 5. The molecule has 16 heavy (non-hydrogen) atoms. The number of aromatic nitrogens is 2. The van der Waals surface area contributed by atoms with Crippen LogP contribution in [-0.4, -0.2) is 24.7 Å². The van der Waals surface area contributed by atoms with E-state index in [9.17, 15) is 8.42 Å². The molecule has 0 fully saturated rings. The molecule has 1 unspecified atom stereocenters. The van der Waals surface area contributed by atoms with Crippen molar-refractivity contribution in [1.82, 2.24) is 14.9 Å². The van der Waals surface area contributed by atoms with Crippen LogP contribution in [0.4, 0.5) is 5.82 Å². The molecule has 0 saturated carbocycles. The zero-order valence-electron chi connectivity index (χ0n) is 9.69. The highest BCUT2D eigenvalue weighted by molar-refractivity contribution is 7.89. The molecule has 4 N–H and O–H groups in total. The van der Waals surface area contributed by atoms with Crippen LogP contribution in [-0.2, 0) is 10.0 Å². The van der Waals surface area contributed by atoms with Gasteiger partial charge in [0, 0.05) is 6.04 Å². The lowest BCUT2D eigenvalue weighted by Crippen LogP contribution is -2.38. The molecule has 6 nitrogen and oxygen atoms in total. The van der Waals surface area contributed by atoms with Crippen molar-refractivity contribution < 1.29 is 8.42 Å². The van der Waals surface area contributed by atoms with Crippen molar-refractivity contribution in [3.63, 3.8) is 0 Å². The third kappa shape index (κ3) is 2.73. The van der Waals surface area contributed by atoms with Crippen molar-refractivity contribution in [2.24, 2.45) is 5.92 Å². The molecule has 0 aromatic carbocycles. The Balaban J connectivity index is 2.92. The first-order valence-electron chi connectivity index (χ1n) is 5.19. The Hall–Kier alpha value is -1.08. The van der Waals surface area contributed by atoms with Crippen LogP contribution in [0.1, 0.15) is 27.2 Å². The quantitative estimate of drug-likeness (QED) is 0.712. The number of nitrogens with zero attached hydrogens (tertiary/aromatic N) is 1. The van der Waals surface area contributed by atoms with Crippen LogP contribution in [0.2, 0.25) is 0 Å². The smallest absolute Gasteiger partial charge is 0.246 e. The summed E-state index contributed by atoms with van der Waals surface area (Å²) in [6, 6.07) is -0.0979. The summed E-state index contributed by atoms with van der Waals surface area (Å²) in [5.74, 6) is 0.291. The van der Waals surface area contributed by atoms with Crippen LogP contribution in [0.25, 0.3) is 0 Å². The molecule has 0 radical (unpaired) electrons. The molecule has 0 saturated heterocycles. The normalized spacial score (nSPS) is 14.2. The SMILES string of the molecule is CCC(NS(=O)(=O)c1cn[nH]c1N)C(C)C. The minimum absolute atomic E-state index is 0.00611. The third-order valence-electron chi connectivity index (χ3n) is 2.47. The Morgan fingerprint density at radius 2 is 2.19 bits per heavy atom. The van der Waals surface area contributed by atoms with Gasteiger partial charge in [0.15, 0.2) is 0 Å². The van der Waals surface area contributed by atoms with E-state index in [-0.39, 0.29) is 22.7 Å². The van der Waals surface area contributed by atoms with Crippen LogP contribution in [0.5, 0.6) is 0 Å². The second kappa shape index (κ2) is 4.84. The zero-order valence-corrected chi connectivity index (χ0v) is 10.5. The standard InChI is InChI=1S/C9H18N4O2S/c1-4-7(6(2)3)13-16(14,15)8-5-11-12-9(8)10/h5-7,13H,4H2,1-3H3,(H3,10,11,12). The molecule has 1 aromatic rings. The number of anilines is 1. The highest BCUT2D eigenvalue weighted by Gasteiger charge is 2.24. The molecule has 1 heterocycles. The summed E-state index contributed by atoms with van der Waals surface area (Å²) < 4.78 is 26.5. The van der Waals surface area contributed by atoms with Crippen LogP contribution in [0, 0.1) is 5.92 Å². The molecule has 0 aliphatic carbocycles. The minimum atomic E-state index is -3.57. The van der Waals surface area contributed by atoms with Crippen molar-refractivity contribution in [1.29, 1.82) is 0 Å². The van der Waals surface area contributed by atoms with E-state index in [1.165, 1.54) is 6.20 Å². The Morgan fingerprint density at radius 3 is 2.56 bits per heavy atom. The van der Waals surface area contributed by atoms with Gasteiger partial charge in [-0.15, -0.1) is 0 Å². The van der Waals surface area contributed by atoms with Crippen molar-refractivity contribution in [3.8, 4) is 0 Å². The van der Waals surface area contributed by atoms with Gasteiger partial charge in [-0.25, -0.2) is 13.1 Å². The predicted octanol–water partition coefficient (Wildman–Crippen LogP) is 0.705. The van der Waals surface area contributed by atoms with E-state index in [1.54, 1.807) is 0 Å². The van der Waals surface area contributed by atoms with Gasteiger partial charge in [-0.3, -0.25) is 5.10 Å². The minimum Gasteiger partial charge on any atom is -0.383 e. The van der Waals surface area contributed by atoms with Crippen molar-refractivity contribution in [3.05, 3.63) is 6.20 Å². The molecule has 92 valence electrons. The summed E-state index contributed by atoms with van der Waals surface area (Å²) in [5, 5.41) is 6.00. The first kappa shape index (κ1) is 13.0. The van der Waals surface area contributed by atoms with Gasteiger partial charge in [0.05, 0.1) is 6.20 Å². The fourth-order valence-corrected chi connectivity index (χ4v) is 2.94. The second-order valence-corrected chi connectivity index (χ2v) is 5.71.